The average molecular weight is 547 g/mol. The third-order valence-corrected chi connectivity index (χ3v) is 4.60. The molecule has 0 saturated carbocycles. The first-order valence-electron chi connectivity index (χ1n) is 11.4. The van der Waals surface area contributed by atoms with E-state index >= 15 is 0 Å². The lowest BCUT2D eigenvalue weighted by atomic mass is 10.1. The van der Waals surface area contributed by atoms with Gasteiger partial charge in [0.05, 0.1) is 11.6 Å². The van der Waals surface area contributed by atoms with E-state index in [1.807, 2.05) is 84.0 Å². The van der Waals surface area contributed by atoms with Crippen LogP contribution in [-0.4, -0.2) is 36.5 Å². The number of amides is 2. The van der Waals surface area contributed by atoms with Crippen LogP contribution in [0.25, 0.3) is 0 Å². The molecule has 0 saturated heterocycles. The summed E-state index contributed by atoms with van der Waals surface area (Å²) in [6.45, 7) is 12.1. The van der Waals surface area contributed by atoms with Crippen molar-refractivity contribution in [2.75, 3.05) is 13.1 Å². The second kappa shape index (κ2) is 14.4. The van der Waals surface area contributed by atoms with Gasteiger partial charge in [-0.05, 0) is 89.8 Å². The second-order valence-electron chi connectivity index (χ2n) is 9.80. The van der Waals surface area contributed by atoms with Crippen molar-refractivity contribution in [1.29, 1.82) is 5.26 Å². The van der Waals surface area contributed by atoms with E-state index in [-0.39, 0.29) is 6.09 Å². The maximum Gasteiger partial charge on any atom is 0.407 e. The number of carbonyl (C=O) groups is 2. The van der Waals surface area contributed by atoms with Gasteiger partial charge >= 0.3 is 12.2 Å². The van der Waals surface area contributed by atoms with Crippen molar-refractivity contribution in [3.05, 3.63) is 69.7 Å². The number of hydrogen-bond acceptors (Lipinski definition) is 5. The van der Waals surface area contributed by atoms with Gasteiger partial charge in [-0.25, -0.2) is 9.59 Å². The van der Waals surface area contributed by atoms with Gasteiger partial charge in [0.15, 0.2) is 0 Å². The highest BCUT2D eigenvalue weighted by Crippen LogP contribution is 2.12. The van der Waals surface area contributed by atoms with Crippen LogP contribution in [0.2, 0.25) is 0 Å². The quantitative estimate of drug-likeness (QED) is 0.453. The molecule has 0 unspecified atom stereocenters. The van der Waals surface area contributed by atoms with Crippen LogP contribution in [0.1, 0.15) is 58.2 Å². The summed E-state index contributed by atoms with van der Waals surface area (Å²) in [6, 6.07) is 17.4. The van der Waals surface area contributed by atoms with Crippen molar-refractivity contribution in [2.24, 2.45) is 0 Å². The smallest absolute Gasteiger partial charge is 0.407 e. The Kier molecular flexibility index (Phi) is 12.3. The van der Waals surface area contributed by atoms with Gasteiger partial charge in [0.2, 0.25) is 0 Å². The first-order valence-corrected chi connectivity index (χ1v) is 12.2. The van der Waals surface area contributed by atoms with Crippen LogP contribution in [0.5, 0.6) is 0 Å². The van der Waals surface area contributed by atoms with Crippen LogP contribution in [-0.2, 0) is 22.3 Å². The Bertz CT molecular complexity index is 1000. The molecule has 0 bridgehead atoms. The number of rotatable bonds is 6. The molecule has 2 amide bonds. The molecule has 190 valence electrons. The predicted molar refractivity (Wildman–Crippen MR) is 141 cm³/mol. The van der Waals surface area contributed by atoms with Crippen LogP contribution in [0.15, 0.2) is 53.0 Å². The summed E-state index contributed by atoms with van der Waals surface area (Å²) >= 11 is 3.41. The minimum atomic E-state index is -0.481. The van der Waals surface area contributed by atoms with Crippen LogP contribution < -0.4 is 10.6 Å². The van der Waals surface area contributed by atoms with Crippen molar-refractivity contribution in [3.63, 3.8) is 0 Å². The molecule has 8 heteroatoms. The molecule has 0 aliphatic carbocycles. The van der Waals surface area contributed by atoms with Crippen LogP contribution in [0.3, 0.4) is 0 Å². The van der Waals surface area contributed by atoms with Crippen molar-refractivity contribution in [1.82, 2.24) is 10.6 Å². The number of hydrogen-bond donors (Lipinski definition) is 2. The Morgan fingerprint density at radius 2 is 1.29 bits per heavy atom. The molecule has 2 aromatic rings. The van der Waals surface area contributed by atoms with E-state index in [0.29, 0.717) is 25.1 Å². The average Bonchev–Trinajstić information content (AvgIpc) is 2.72. The Hall–Kier alpha value is -3.05. The number of halogens is 1. The van der Waals surface area contributed by atoms with E-state index in [9.17, 15) is 9.59 Å². The molecule has 2 N–H and O–H groups in total. The van der Waals surface area contributed by atoms with Crippen LogP contribution >= 0.6 is 15.9 Å². The van der Waals surface area contributed by atoms with Crippen molar-refractivity contribution in [2.45, 2.75) is 65.6 Å². The normalized spacial score (nSPS) is 10.8. The maximum atomic E-state index is 11.4. The van der Waals surface area contributed by atoms with E-state index in [4.69, 9.17) is 14.7 Å². The number of nitrogens with one attached hydrogen (secondary N) is 2. The fourth-order valence-corrected chi connectivity index (χ4v) is 3.18. The lowest BCUT2D eigenvalue weighted by Gasteiger charge is -2.19. The molecule has 2 aromatic carbocycles. The highest BCUT2D eigenvalue weighted by Gasteiger charge is 2.16. The van der Waals surface area contributed by atoms with Gasteiger partial charge in [-0.2, -0.15) is 5.26 Å². The van der Waals surface area contributed by atoms with Crippen molar-refractivity contribution >= 4 is 28.1 Å². The van der Waals surface area contributed by atoms with E-state index < -0.39 is 17.3 Å². The molecule has 0 aromatic heterocycles. The minimum Gasteiger partial charge on any atom is -0.444 e. The topological polar surface area (TPSA) is 100 Å². The molecule has 35 heavy (non-hydrogen) atoms. The minimum absolute atomic E-state index is 0.368. The van der Waals surface area contributed by atoms with E-state index in [0.717, 1.165) is 16.5 Å². The first-order chi connectivity index (χ1) is 16.3. The second-order valence-corrected chi connectivity index (χ2v) is 10.7. The maximum absolute atomic E-state index is 11.4. The number of alkyl carbamates (subject to hydrolysis) is 2. The van der Waals surface area contributed by atoms with Gasteiger partial charge in [0, 0.05) is 17.6 Å². The molecular weight excluding hydrogens is 510 g/mol. The zero-order valence-electron chi connectivity index (χ0n) is 21.4. The highest BCUT2D eigenvalue weighted by atomic mass is 79.9. The largest absolute Gasteiger partial charge is 0.444 e. The monoisotopic (exact) mass is 545 g/mol. The zero-order valence-corrected chi connectivity index (χ0v) is 23.0. The van der Waals surface area contributed by atoms with Gasteiger partial charge < -0.3 is 20.1 Å². The number of ether oxygens (including phenoxy) is 2. The summed E-state index contributed by atoms with van der Waals surface area (Å²) in [5.74, 6) is 0. The number of carbonyl (C=O) groups excluding carboxylic acids is 2. The lowest BCUT2D eigenvalue weighted by Crippen LogP contribution is -2.33. The third kappa shape index (κ3) is 15.5. The Balaban J connectivity index is 0.000000351. The van der Waals surface area contributed by atoms with Crippen molar-refractivity contribution < 1.29 is 19.1 Å². The zero-order chi connectivity index (χ0) is 26.5. The number of nitriles is 1. The Morgan fingerprint density at radius 1 is 0.829 bits per heavy atom. The van der Waals surface area contributed by atoms with Gasteiger partial charge in [-0.3, -0.25) is 0 Å². The molecule has 2 rings (SSSR count). The molecule has 0 atom stereocenters. The first kappa shape index (κ1) is 30.0. The Labute approximate surface area is 217 Å². The highest BCUT2D eigenvalue weighted by molar-refractivity contribution is 9.10. The van der Waals surface area contributed by atoms with E-state index in [2.05, 4.69) is 32.6 Å². The standard InChI is InChI=1S/C14H18N2O2.C13H18BrNO2/c1-14(2,3)18-13(17)16-8-7-11-5-4-6-12(9-11)10-15;1-13(2,3)17-12(16)15-8-7-10-5-4-6-11(14)9-10/h4-6,9H,7-8H2,1-3H3,(H,16,17);4-6,9H,7-8H2,1-3H3,(H,15,16). The van der Waals surface area contributed by atoms with E-state index in [1.54, 1.807) is 6.07 Å². The molecule has 0 aliphatic heterocycles. The number of benzene rings is 2. The van der Waals surface area contributed by atoms with Crippen LogP contribution in [0, 0.1) is 11.3 Å². The summed E-state index contributed by atoms with van der Waals surface area (Å²) in [4.78, 5) is 22.8. The summed E-state index contributed by atoms with van der Waals surface area (Å²) in [7, 11) is 0. The SMILES string of the molecule is CC(C)(C)OC(=O)NCCc1cccc(Br)c1.CC(C)(C)OC(=O)NCCc1cccc(C#N)c1. The van der Waals surface area contributed by atoms with Gasteiger partial charge in [-0.1, -0.05) is 40.2 Å². The lowest BCUT2D eigenvalue weighted by molar-refractivity contribution is 0.0517. The van der Waals surface area contributed by atoms with Gasteiger partial charge in [0.25, 0.3) is 0 Å². The molecule has 7 nitrogen and oxygen atoms in total. The fraction of sp³-hybridized carbons (Fsp3) is 0.444. The molecule has 0 radical (unpaired) electrons. The summed E-state index contributed by atoms with van der Waals surface area (Å²) in [5, 5.41) is 14.2. The fourth-order valence-electron chi connectivity index (χ4n) is 2.74. The molecule has 0 fully saturated rings. The molecule has 0 spiro atoms. The summed E-state index contributed by atoms with van der Waals surface area (Å²) in [6.07, 6.45) is 0.680. The summed E-state index contributed by atoms with van der Waals surface area (Å²) in [5.41, 5.74) is 1.90. The van der Waals surface area contributed by atoms with E-state index in [1.165, 1.54) is 5.56 Å². The van der Waals surface area contributed by atoms with Crippen LogP contribution in [0.4, 0.5) is 9.59 Å². The van der Waals surface area contributed by atoms with Crippen molar-refractivity contribution in [3.8, 4) is 6.07 Å². The Morgan fingerprint density at radius 3 is 1.71 bits per heavy atom. The predicted octanol–water partition coefficient (Wildman–Crippen LogP) is 6.14. The number of nitrogens with zero attached hydrogens (tertiary/aromatic N) is 1. The molecular formula is C27H36BrN3O4. The van der Waals surface area contributed by atoms with Gasteiger partial charge in [0.1, 0.15) is 11.2 Å². The van der Waals surface area contributed by atoms with Gasteiger partial charge in [-0.15, -0.1) is 0 Å². The molecule has 0 aliphatic rings. The summed E-state index contributed by atoms with van der Waals surface area (Å²) < 4.78 is 11.3. The molecule has 0 heterocycles. The third-order valence-electron chi connectivity index (χ3n) is 4.11.